The molecule has 2 atom stereocenters. The largest absolute Gasteiger partial charge is 0.399 e. The van der Waals surface area contributed by atoms with E-state index in [2.05, 4.69) is 12.1 Å². The Morgan fingerprint density at radius 3 is 2.18 bits per heavy atom. The minimum absolute atomic E-state index is 0.388. The van der Waals surface area contributed by atoms with Gasteiger partial charge in [0.05, 0.1) is 0 Å². The van der Waals surface area contributed by atoms with Gasteiger partial charge in [-0.25, -0.2) is 0 Å². The van der Waals surface area contributed by atoms with E-state index in [0.717, 1.165) is 12.1 Å². The summed E-state index contributed by atoms with van der Waals surface area (Å²) in [5.41, 5.74) is 13.4. The average molecular weight is 148 g/mol. The van der Waals surface area contributed by atoms with Crippen molar-refractivity contribution >= 4 is 5.69 Å². The summed E-state index contributed by atoms with van der Waals surface area (Å²) in [4.78, 5) is 0. The molecule has 1 aliphatic carbocycles. The van der Waals surface area contributed by atoms with Crippen LogP contribution < -0.4 is 11.5 Å². The highest BCUT2D eigenvalue weighted by atomic mass is 14.7. The normalized spacial score (nSPS) is 28.5. The molecule has 1 aromatic carbocycles. The van der Waals surface area contributed by atoms with Crippen LogP contribution in [0.3, 0.4) is 0 Å². The molecule has 0 spiro atoms. The van der Waals surface area contributed by atoms with Gasteiger partial charge in [-0.1, -0.05) is 12.1 Å². The quantitative estimate of drug-likeness (QED) is 0.585. The molecule has 58 valence electrons. The molecule has 1 fully saturated rings. The predicted molar refractivity (Wildman–Crippen MR) is 46.2 cm³/mol. The molecule has 0 radical (unpaired) electrons. The first-order valence-electron chi connectivity index (χ1n) is 3.88. The van der Waals surface area contributed by atoms with E-state index in [9.17, 15) is 0 Å². The maximum absolute atomic E-state index is 5.71. The van der Waals surface area contributed by atoms with Crippen LogP contribution in [-0.2, 0) is 0 Å². The van der Waals surface area contributed by atoms with Crippen LogP contribution in [0.1, 0.15) is 17.9 Å². The van der Waals surface area contributed by atoms with Crippen LogP contribution in [0.2, 0.25) is 0 Å². The molecule has 0 aliphatic heterocycles. The van der Waals surface area contributed by atoms with Gasteiger partial charge in [0.15, 0.2) is 0 Å². The summed E-state index contributed by atoms with van der Waals surface area (Å²) in [6.45, 7) is 0. The van der Waals surface area contributed by atoms with Crippen LogP contribution in [0, 0.1) is 0 Å². The molecule has 4 N–H and O–H groups in total. The molecule has 0 saturated heterocycles. The van der Waals surface area contributed by atoms with Crippen molar-refractivity contribution in [2.24, 2.45) is 5.73 Å². The Kier molecular flexibility index (Phi) is 1.36. The summed E-state index contributed by atoms with van der Waals surface area (Å²) in [5, 5.41) is 0. The Morgan fingerprint density at radius 2 is 1.73 bits per heavy atom. The molecular weight excluding hydrogens is 136 g/mol. The number of hydrogen-bond acceptors (Lipinski definition) is 2. The van der Waals surface area contributed by atoms with E-state index in [1.807, 2.05) is 12.1 Å². The van der Waals surface area contributed by atoms with E-state index in [-0.39, 0.29) is 0 Å². The standard InChI is InChI=1S/C9H12N2/c10-7-3-1-6(2-4-7)8-5-9(8)11/h1-4,8-9H,5,10-11H2/t8-,9+/m1/s1. The lowest BCUT2D eigenvalue weighted by atomic mass is 10.1. The first-order chi connectivity index (χ1) is 5.27. The number of hydrogen-bond donors (Lipinski definition) is 2. The SMILES string of the molecule is Nc1ccc([C@H]2C[C@@H]2N)cc1. The molecule has 1 aromatic rings. The highest BCUT2D eigenvalue weighted by Crippen LogP contribution is 2.38. The van der Waals surface area contributed by atoms with Crippen molar-refractivity contribution in [3.8, 4) is 0 Å². The minimum atomic E-state index is 0.388. The lowest BCUT2D eigenvalue weighted by Gasteiger charge is -1.97. The van der Waals surface area contributed by atoms with Gasteiger partial charge in [0.2, 0.25) is 0 Å². The Balaban J connectivity index is 2.21. The van der Waals surface area contributed by atoms with Crippen molar-refractivity contribution in [3.05, 3.63) is 29.8 Å². The number of anilines is 1. The molecular formula is C9H12N2. The Bertz CT molecular complexity index is 253. The van der Waals surface area contributed by atoms with Gasteiger partial charge in [-0.15, -0.1) is 0 Å². The first-order valence-corrected chi connectivity index (χ1v) is 3.88. The lowest BCUT2D eigenvalue weighted by molar-refractivity contribution is 0.991. The third-order valence-corrected chi connectivity index (χ3v) is 2.20. The average Bonchev–Trinajstić information content (AvgIpc) is 2.69. The van der Waals surface area contributed by atoms with E-state index in [4.69, 9.17) is 11.5 Å². The molecule has 0 aromatic heterocycles. The Morgan fingerprint density at radius 1 is 1.18 bits per heavy atom. The predicted octanol–water partition coefficient (Wildman–Crippen LogP) is 1.08. The summed E-state index contributed by atoms with van der Waals surface area (Å²) in [6, 6.07) is 8.37. The fourth-order valence-electron chi connectivity index (χ4n) is 1.34. The van der Waals surface area contributed by atoms with Crippen molar-refractivity contribution < 1.29 is 0 Å². The fraction of sp³-hybridized carbons (Fsp3) is 0.333. The molecule has 0 amide bonds. The van der Waals surface area contributed by atoms with Gasteiger partial charge >= 0.3 is 0 Å². The molecule has 0 heterocycles. The number of nitrogen functional groups attached to an aromatic ring is 1. The van der Waals surface area contributed by atoms with Crippen molar-refractivity contribution in [1.29, 1.82) is 0 Å². The number of benzene rings is 1. The third kappa shape index (κ3) is 1.21. The monoisotopic (exact) mass is 148 g/mol. The zero-order valence-electron chi connectivity index (χ0n) is 6.33. The second-order valence-corrected chi connectivity index (χ2v) is 3.17. The zero-order valence-corrected chi connectivity index (χ0v) is 6.33. The van der Waals surface area contributed by atoms with Crippen LogP contribution in [0.25, 0.3) is 0 Å². The molecule has 1 aliphatic rings. The van der Waals surface area contributed by atoms with E-state index in [0.29, 0.717) is 12.0 Å². The highest BCUT2D eigenvalue weighted by Gasteiger charge is 2.34. The van der Waals surface area contributed by atoms with E-state index < -0.39 is 0 Å². The number of rotatable bonds is 1. The van der Waals surface area contributed by atoms with Crippen LogP contribution in [0.15, 0.2) is 24.3 Å². The van der Waals surface area contributed by atoms with Crippen molar-refractivity contribution in [1.82, 2.24) is 0 Å². The maximum Gasteiger partial charge on any atom is 0.0314 e. The van der Waals surface area contributed by atoms with Gasteiger partial charge in [-0.05, 0) is 24.1 Å². The molecule has 0 bridgehead atoms. The molecule has 11 heavy (non-hydrogen) atoms. The van der Waals surface area contributed by atoms with Crippen LogP contribution >= 0.6 is 0 Å². The summed E-state index contributed by atoms with van der Waals surface area (Å²) < 4.78 is 0. The summed E-state index contributed by atoms with van der Waals surface area (Å²) in [5.74, 6) is 0.593. The van der Waals surface area contributed by atoms with Gasteiger partial charge < -0.3 is 11.5 Å². The molecule has 2 heteroatoms. The zero-order chi connectivity index (χ0) is 7.84. The second kappa shape index (κ2) is 2.24. The second-order valence-electron chi connectivity index (χ2n) is 3.17. The maximum atomic E-state index is 5.71. The van der Waals surface area contributed by atoms with Crippen LogP contribution in [0.4, 0.5) is 5.69 Å². The Labute approximate surface area is 66.2 Å². The van der Waals surface area contributed by atoms with Crippen molar-refractivity contribution in [2.75, 3.05) is 5.73 Å². The fourth-order valence-corrected chi connectivity index (χ4v) is 1.34. The highest BCUT2D eigenvalue weighted by molar-refractivity contribution is 5.41. The van der Waals surface area contributed by atoms with E-state index in [1.54, 1.807) is 0 Å². The molecule has 0 unspecified atom stereocenters. The van der Waals surface area contributed by atoms with Gasteiger partial charge in [-0.3, -0.25) is 0 Å². The van der Waals surface area contributed by atoms with Gasteiger partial charge in [0.25, 0.3) is 0 Å². The van der Waals surface area contributed by atoms with Gasteiger partial charge in [-0.2, -0.15) is 0 Å². The smallest absolute Gasteiger partial charge is 0.0314 e. The van der Waals surface area contributed by atoms with Crippen molar-refractivity contribution in [2.45, 2.75) is 18.4 Å². The van der Waals surface area contributed by atoms with Crippen molar-refractivity contribution in [3.63, 3.8) is 0 Å². The summed E-state index contributed by atoms with van der Waals surface area (Å²) in [7, 11) is 0. The van der Waals surface area contributed by atoms with Crippen LogP contribution in [-0.4, -0.2) is 6.04 Å². The van der Waals surface area contributed by atoms with Gasteiger partial charge in [0, 0.05) is 17.6 Å². The first kappa shape index (κ1) is 6.68. The number of nitrogens with two attached hydrogens (primary N) is 2. The topological polar surface area (TPSA) is 52.0 Å². The summed E-state index contributed by atoms with van der Waals surface area (Å²) in [6.07, 6.45) is 1.13. The molecule has 2 nitrogen and oxygen atoms in total. The third-order valence-electron chi connectivity index (χ3n) is 2.20. The Hall–Kier alpha value is -1.02. The minimum Gasteiger partial charge on any atom is -0.399 e. The van der Waals surface area contributed by atoms with Crippen LogP contribution in [0.5, 0.6) is 0 Å². The van der Waals surface area contributed by atoms with E-state index >= 15 is 0 Å². The van der Waals surface area contributed by atoms with E-state index in [1.165, 1.54) is 5.56 Å². The molecule has 2 rings (SSSR count). The lowest BCUT2D eigenvalue weighted by Crippen LogP contribution is -2.00. The molecule has 1 saturated carbocycles. The summed E-state index contributed by atoms with van der Waals surface area (Å²) >= 11 is 0. The van der Waals surface area contributed by atoms with Gasteiger partial charge in [0.1, 0.15) is 0 Å².